The molecule has 2 aromatic rings. The molecule has 0 bridgehead atoms. The number of carbonyl (C=O) groups excluding carboxylic acids is 1. The molecule has 0 radical (unpaired) electrons. The number of methoxy groups -OCH3 is 1. The Labute approximate surface area is 199 Å². The van der Waals surface area contributed by atoms with Gasteiger partial charge in [0.05, 0.1) is 18.6 Å². The summed E-state index contributed by atoms with van der Waals surface area (Å²) in [7, 11) is 3.58. The Morgan fingerprint density at radius 2 is 2.06 bits per heavy atom. The van der Waals surface area contributed by atoms with E-state index in [1.807, 2.05) is 7.05 Å². The Hall–Kier alpha value is -3.12. The number of ether oxygens (including phenoxy) is 1. The van der Waals surface area contributed by atoms with E-state index in [1.165, 1.54) is 6.42 Å². The van der Waals surface area contributed by atoms with Gasteiger partial charge in [0.1, 0.15) is 28.7 Å². The highest BCUT2D eigenvalue weighted by Crippen LogP contribution is 2.31. The van der Waals surface area contributed by atoms with Crippen LogP contribution in [0, 0.1) is 17.2 Å². The summed E-state index contributed by atoms with van der Waals surface area (Å²) in [4.78, 5) is 31.9. The third-order valence-electron chi connectivity index (χ3n) is 7.18. The van der Waals surface area contributed by atoms with Gasteiger partial charge in [-0.05, 0) is 50.4 Å². The molecule has 1 aliphatic heterocycles. The number of piperidine rings is 1. The average Bonchev–Trinajstić information content (AvgIpc) is 2.85. The highest BCUT2D eigenvalue weighted by molar-refractivity contribution is 5.92. The number of aromatic nitrogens is 1. The Morgan fingerprint density at radius 1 is 1.32 bits per heavy atom. The van der Waals surface area contributed by atoms with Crippen molar-refractivity contribution in [3.63, 3.8) is 0 Å². The maximum Gasteiger partial charge on any atom is 0.441 e. The molecular weight excluding hydrogens is 434 g/mol. The zero-order valence-electron chi connectivity index (χ0n) is 19.9. The second-order valence-electron chi connectivity index (χ2n) is 9.61. The number of fused-ring (bicyclic) bond motifs is 1. The molecule has 1 aliphatic carbocycles. The topological polar surface area (TPSA) is 120 Å². The number of benzene rings is 1. The van der Waals surface area contributed by atoms with E-state index in [4.69, 9.17) is 9.15 Å². The van der Waals surface area contributed by atoms with Crippen molar-refractivity contribution in [1.29, 1.82) is 5.26 Å². The van der Waals surface area contributed by atoms with E-state index in [0.717, 1.165) is 38.8 Å². The van der Waals surface area contributed by atoms with Crippen LogP contribution in [-0.4, -0.2) is 54.6 Å². The van der Waals surface area contributed by atoms with Crippen molar-refractivity contribution in [1.82, 2.24) is 15.2 Å². The van der Waals surface area contributed by atoms with E-state index in [1.54, 1.807) is 25.3 Å². The smallest absolute Gasteiger partial charge is 0.441 e. The molecule has 1 atom stereocenters. The minimum absolute atomic E-state index is 0.234. The molecular formula is C25H33N5O4. The fourth-order valence-electron chi connectivity index (χ4n) is 5.03. The molecule has 2 aliphatic rings. The predicted molar refractivity (Wildman–Crippen MR) is 129 cm³/mol. The van der Waals surface area contributed by atoms with Crippen LogP contribution in [-0.2, 0) is 4.79 Å². The van der Waals surface area contributed by atoms with E-state index < -0.39 is 17.3 Å². The first-order chi connectivity index (χ1) is 16.4. The number of amides is 1. The summed E-state index contributed by atoms with van der Waals surface area (Å²) >= 11 is 0. The van der Waals surface area contributed by atoms with Crippen molar-refractivity contribution >= 4 is 22.7 Å². The van der Waals surface area contributed by atoms with Gasteiger partial charge in [0.15, 0.2) is 0 Å². The molecule has 2 fully saturated rings. The molecule has 9 heteroatoms. The molecule has 2 heterocycles. The first-order valence-electron chi connectivity index (χ1n) is 12.1. The number of rotatable bonds is 7. The van der Waals surface area contributed by atoms with Gasteiger partial charge in [-0.1, -0.05) is 32.1 Å². The second kappa shape index (κ2) is 10.4. The highest BCUT2D eigenvalue weighted by Gasteiger charge is 2.37. The van der Waals surface area contributed by atoms with Crippen LogP contribution in [0.4, 0.5) is 5.82 Å². The number of nitriles is 1. The number of hydrogen-bond acceptors (Lipinski definition) is 8. The van der Waals surface area contributed by atoms with Gasteiger partial charge >= 0.3 is 5.76 Å². The molecule has 4 rings (SSSR count). The van der Waals surface area contributed by atoms with Crippen LogP contribution in [0.3, 0.4) is 0 Å². The van der Waals surface area contributed by atoms with Crippen LogP contribution < -0.4 is 21.1 Å². The zero-order valence-corrected chi connectivity index (χ0v) is 19.9. The van der Waals surface area contributed by atoms with E-state index in [0.29, 0.717) is 41.9 Å². The van der Waals surface area contributed by atoms with Gasteiger partial charge in [-0.15, -0.1) is 0 Å². The van der Waals surface area contributed by atoms with Crippen LogP contribution in [0.15, 0.2) is 27.4 Å². The lowest BCUT2D eigenvalue weighted by Crippen LogP contribution is -2.57. The number of carbonyl (C=O) groups is 1. The van der Waals surface area contributed by atoms with Gasteiger partial charge in [-0.2, -0.15) is 10.2 Å². The molecule has 1 aromatic heterocycles. The van der Waals surface area contributed by atoms with Crippen LogP contribution in [0.1, 0.15) is 51.4 Å². The lowest BCUT2D eigenvalue weighted by molar-refractivity contribution is -0.124. The Kier molecular flexibility index (Phi) is 7.37. The molecule has 34 heavy (non-hydrogen) atoms. The number of anilines is 1. The summed E-state index contributed by atoms with van der Waals surface area (Å²) in [5.41, 5.74) is -0.520. The minimum atomic E-state index is -0.884. The van der Waals surface area contributed by atoms with Gasteiger partial charge in [-0.25, -0.2) is 4.79 Å². The molecule has 1 saturated carbocycles. The zero-order chi connectivity index (χ0) is 24.1. The Morgan fingerprint density at radius 3 is 2.74 bits per heavy atom. The van der Waals surface area contributed by atoms with Crippen molar-refractivity contribution in [2.45, 2.75) is 62.9 Å². The summed E-state index contributed by atoms with van der Waals surface area (Å²) in [6.07, 6.45) is 7.43. The second-order valence-corrected chi connectivity index (χ2v) is 9.61. The number of hydrogen-bond donors (Lipinski definition) is 2. The van der Waals surface area contributed by atoms with E-state index >= 15 is 0 Å². The largest absolute Gasteiger partial charge is 0.497 e. The average molecular weight is 468 g/mol. The highest BCUT2D eigenvalue weighted by atomic mass is 16.5. The third kappa shape index (κ3) is 5.50. The Bertz CT molecular complexity index is 1110. The lowest BCUT2D eigenvalue weighted by atomic mass is 9.84. The first kappa shape index (κ1) is 24.0. The summed E-state index contributed by atoms with van der Waals surface area (Å²) in [6.45, 7) is 1.50. The molecule has 9 nitrogen and oxygen atoms in total. The quantitative estimate of drug-likeness (QED) is 0.637. The van der Waals surface area contributed by atoms with Gasteiger partial charge in [0, 0.05) is 13.1 Å². The Balaban J connectivity index is 1.63. The van der Waals surface area contributed by atoms with Gasteiger partial charge in [-0.3, -0.25) is 4.79 Å². The summed E-state index contributed by atoms with van der Waals surface area (Å²) in [5.74, 6) is 0.307. The summed E-state index contributed by atoms with van der Waals surface area (Å²) in [6, 6.07) is 6.83. The first-order valence-corrected chi connectivity index (χ1v) is 12.1. The van der Waals surface area contributed by atoms with E-state index in [9.17, 15) is 14.9 Å². The standard InChI is InChI=1S/C25H33N5O4/c1-30-12-10-25(16-26,11-13-30)29-23(31)20(14-17-6-4-3-5-7-17)27-22-19-15-18(33-2)8-9-21(19)34-24(32)28-22/h8-9,15,17,20H,3-7,10-14H2,1-2H3,(H,29,31)(H,27,28,32)/t20-/m0/s1. The number of likely N-dealkylation sites (tertiary alicyclic amines) is 1. The summed E-state index contributed by atoms with van der Waals surface area (Å²) in [5, 5.41) is 16.8. The molecule has 0 unspecified atom stereocenters. The molecule has 1 amide bonds. The van der Waals surface area contributed by atoms with Crippen LogP contribution >= 0.6 is 0 Å². The van der Waals surface area contributed by atoms with Crippen molar-refractivity contribution in [2.24, 2.45) is 5.92 Å². The van der Waals surface area contributed by atoms with Gasteiger partial charge in [0.25, 0.3) is 0 Å². The van der Waals surface area contributed by atoms with Crippen molar-refractivity contribution in [3.8, 4) is 11.8 Å². The SMILES string of the molecule is COc1ccc2oc(=O)nc(N[C@@H](CC3CCCCC3)C(=O)NC3(C#N)CCN(C)CC3)c2c1. The van der Waals surface area contributed by atoms with Gasteiger partial charge < -0.3 is 24.7 Å². The maximum atomic E-state index is 13.6. The van der Waals surface area contributed by atoms with Crippen molar-refractivity contribution < 1.29 is 13.9 Å². The van der Waals surface area contributed by atoms with Gasteiger partial charge in [0.2, 0.25) is 5.91 Å². The minimum Gasteiger partial charge on any atom is -0.497 e. The maximum absolute atomic E-state index is 13.6. The third-order valence-corrected chi connectivity index (χ3v) is 7.18. The van der Waals surface area contributed by atoms with Crippen LogP contribution in [0.5, 0.6) is 5.75 Å². The van der Waals surface area contributed by atoms with Crippen molar-refractivity contribution in [2.75, 3.05) is 32.6 Å². The molecule has 2 N–H and O–H groups in total. The number of nitrogens with zero attached hydrogens (tertiary/aromatic N) is 3. The van der Waals surface area contributed by atoms with Crippen molar-refractivity contribution in [3.05, 3.63) is 28.7 Å². The molecule has 0 spiro atoms. The van der Waals surface area contributed by atoms with E-state index in [-0.39, 0.29) is 11.7 Å². The molecule has 1 aromatic carbocycles. The molecule has 182 valence electrons. The van der Waals surface area contributed by atoms with Crippen LogP contribution in [0.25, 0.3) is 11.0 Å². The lowest BCUT2D eigenvalue weighted by Gasteiger charge is -2.37. The number of nitrogens with one attached hydrogen (secondary N) is 2. The normalized spacial score (nSPS) is 19.8. The monoisotopic (exact) mass is 467 g/mol. The van der Waals surface area contributed by atoms with E-state index in [2.05, 4.69) is 26.6 Å². The fraction of sp³-hybridized carbons (Fsp3) is 0.600. The van der Waals surface area contributed by atoms with Crippen LogP contribution in [0.2, 0.25) is 0 Å². The molecule has 1 saturated heterocycles. The fourth-order valence-corrected chi connectivity index (χ4v) is 5.03. The predicted octanol–water partition coefficient (Wildman–Crippen LogP) is 3.05. The summed E-state index contributed by atoms with van der Waals surface area (Å²) < 4.78 is 10.6.